The standard InChI is InChI=1S/C22H17F6N5O3S/c23-13-1-3-16(4-2-13)37(35,36)33-11-14(24)5-19(33)20(34)30-9-15-6-17(18(25)10-29-15)12-7-31-21(32-8-12)22(26,27)28/h1-4,6-8,10,14,19H,5,9,11H2,(H,30,34)/t14-,19+/m1/s1. The third kappa shape index (κ3) is 5.72. The van der Waals surface area contributed by atoms with Crippen LogP contribution < -0.4 is 5.32 Å². The first kappa shape index (κ1) is 26.5. The Morgan fingerprint density at radius 3 is 2.32 bits per heavy atom. The van der Waals surface area contributed by atoms with E-state index in [2.05, 4.69) is 20.3 Å². The molecule has 1 aromatic carbocycles. The van der Waals surface area contributed by atoms with E-state index in [1.165, 1.54) is 0 Å². The number of halogens is 6. The molecule has 0 radical (unpaired) electrons. The molecule has 1 N–H and O–H groups in total. The number of hydrogen-bond acceptors (Lipinski definition) is 6. The van der Waals surface area contributed by atoms with Crippen molar-refractivity contribution in [2.24, 2.45) is 0 Å². The van der Waals surface area contributed by atoms with Gasteiger partial charge < -0.3 is 5.32 Å². The number of rotatable bonds is 6. The molecule has 15 heteroatoms. The smallest absolute Gasteiger partial charge is 0.349 e. The van der Waals surface area contributed by atoms with Gasteiger partial charge in [-0.25, -0.2) is 31.6 Å². The molecule has 3 heterocycles. The monoisotopic (exact) mass is 545 g/mol. The molecule has 1 fully saturated rings. The van der Waals surface area contributed by atoms with E-state index in [-0.39, 0.29) is 28.3 Å². The summed E-state index contributed by atoms with van der Waals surface area (Å²) in [7, 11) is -4.32. The van der Waals surface area contributed by atoms with Crippen LogP contribution in [0.5, 0.6) is 0 Å². The lowest BCUT2D eigenvalue weighted by molar-refractivity contribution is -0.145. The number of nitrogens with zero attached hydrogens (tertiary/aromatic N) is 4. The van der Waals surface area contributed by atoms with E-state index in [1.54, 1.807) is 0 Å². The molecule has 0 bridgehead atoms. The van der Waals surface area contributed by atoms with Crippen LogP contribution in [0, 0.1) is 11.6 Å². The van der Waals surface area contributed by atoms with E-state index in [1.807, 2.05) is 0 Å². The van der Waals surface area contributed by atoms with Gasteiger partial charge in [0.25, 0.3) is 0 Å². The summed E-state index contributed by atoms with van der Waals surface area (Å²) in [5.74, 6) is -3.81. The molecule has 2 atom stereocenters. The van der Waals surface area contributed by atoms with Crippen molar-refractivity contribution in [3.8, 4) is 11.1 Å². The summed E-state index contributed by atoms with van der Waals surface area (Å²) in [5.41, 5.74) is -0.182. The number of sulfonamides is 1. The summed E-state index contributed by atoms with van der Waals surface area (Å²) in [6.07, 6.45) is -4.46. The molecular formula is C22H17F6N5O3S. The first-order valence-corrected chi connectivity index (χ1v) is 12.0. The molecule has 4 rings (SSSR count). The van der Waals surface area contributed by atoms with Crippen molar-refractivity contribution in [3.63, 3.8) is 0 Å². The summed E-state index contributed by atoms with van der Waals surface area (Å²) >= 11 is 0. The summed E-state index contributed by atoms with van der Waals surface area (Å²) in [4.78, 5) is 22.6. The molecule has 8 nitrogen and oxygen atoms in total. The molecule has 0 saturated carbocycles. The first-order valence-electron chi connectivity index (χ1n) is 10.6. The molecule has 37 heavy (non-hydrogen) atoms. The molecule has 0 aliphatic carbocycles. The van der Waals surface area contributed by atoms with Crippen LogP contribution in [0.1, 0.15) is 17.9 Å². The first-order chi connectivity index (χ1) is 17.4. The van der Waals surface area contributed by atoms with E-state index in [4.69, 9.17) is 0 Å². The highest BCUT2D eigenvalue weighted by molar-refractivity contribution is 7.89. The Morgan fingerprint density at radius 2 is 1.70 bits per heavy atom. The average Bonchev–Trinajstić information content (AvgIpc) is 3.26. The Bertz CT molecular complexity index is 1400. The Kier molecular flexibility index (Phi) is 7.19. The highest BCUT2D eigenvalue weighted by Gasteiger charge is 2.44. The van der Waals surface area contributed by atoms with Gasteiger partial charge in [0.05, 0.1) is 23.3 Å². The van der Waals surface area contributed by atoms with Gasteiger partial charge in [0.15, 0.2) is 0 Å². The van der Waals surface area contributed by atoms with Gasteiger partial charge in [-0.05, 0) is 30.3 Å². The van der Waals surface area contributed by atoms with E-state index in [9.17, 15) is 39.6 Å². The van der Waals surface area contributed by atoms with E-state index in [0.717, 1.165) is 48.9 Å². The van der Waals surface area contributed by atoms with Gasteiger partial charge in [0, 0.05) is 36.5 Å². The van der Waals surface area contributed by atoms with Gasteiger partial charge in [-0.1, -0.05) is 0 Å². The van der Waals surface area contributed by atoms with Crippen molar-refractivity contribution in [1.82, 2.24) is 24.6 Å². The minimum absolute atomic E-state index is 0.0758. The van der Waals surface area contributed by atoms with Gasteiger partial charge in [-0.15, -0.1) is 0 Å². The highest BCUT2D eigenvalue weighted by atomic mass is 32.2. The zero-order valence-electron chi connectivity index (χ0n) is 18.6. The molecule has 1 aliphatic heterocycles. The molecular weight excluding hydrogens is 528 g/mol. The minimum atomic E-state index is -4.78. The third-order valence-electron chi connectivity index (χ3n) is 5.50. The molecule has 0 spiro atoms. The molecule has 3 aromatic rings. The number of amides is 1. The number of carbonyl (C=O) groups is 1. The number of carbonyl (C=O) groups excluding carboxylic acids is 1. The largest absolute Gasteiger partial charge is 0.451 e. The SMILES string of the molecule is O=C(NCc1cc(-c2cnc(C(F)(F)F)nc2)c(F)cn1)[C@@H]1C[C@@H](F)CN1S(=O)(=O)c1ccc(F)cc1. The summed E-state index contributed by atoms with van der Waals surface area (Å²) in [6.45, 7) is -0.907. The normalized spacial score (nSPS) is 18.6. The van der Waals surface area contributed by atoms with Gasteiger partial charge >= 0.3 is 6.18 Å². The van der Waals surface area contributed by atoms with Crippen LogP contribution in [-0.2, 0) is 27.5 Å². The predicted octanol–water partition coefficient (Wildman–Crippen LogP) is 3.25. The van der Waals surface area contributed by atoms with Crippen molar-refractivity contribution in [2.75, 3.05) is 6.54 Å². The topological polar surface area (TPSA) is 105 Å². The predicted molar refractivity (Wildman–Crippen MR) is 116 cm³/mol. The van der Waals surface area contributed by atoms with Crippen LogP contribution >= 0.6 is 0 Å². The van der Waals surface area contributed by atoms with E-state index in [0.29, 0.717) is 4.31 Å². The number of nitrogens with one attached hydrogen (secondary N) is 1. The van der Waals surface area contributed by atoms with Crippen LogP contribution in [0.4, 0.5) is 26.3 Å². The maximum Gasteiger partial charge on any atom is 0.451 e. The Balaban J connectivity index is 1.50. The number of pyridine rings is 1. The third-order valence-corrected chi connectivity index (χ3v) is 7.39. The second-order valence-electron chi connectivity index (χ2n) is 8.04. The Labute approximate surface area is 206 Å². The lowest BCUT2D eigenvalue weighted by Gasteiger charge is -2.23. The summed E-state index contributed by atoms with van der Waals surface area (Å²) < 4.78 is 106. The zero-order valence-corrected chi connectivity index (χ0v) is 19.4. The number of hydrogen-bond donors (Lipinski definition) is 1. The number of benzene rings is 1. The van der Waals surface area contributed by atoms with Crippen molar-refractivity contribution < 1.29 is 39.6 Å². The molecule has 1 aliphatic rings. The van der Waals surface area contributed by atoms with Crippen LogP contribution in [0.3, 0.4) is 0 Å². The molecule has 0 unspecified atom stereocenters. The van der Waals surface area contributed by atoms with Gasteiger partial charge in [-0.2, -0.15) is 17.5 Å². The van der Waals surface area contributed by atoms with Gasteiger partial charge in [0.1, 0.15) is 23.8 Å². The fourth-order valence-electron chi connectivity index (χ4n) is 3.71. The Morgan fingerprint density at radius 1 is 1.05 bits per heavy atom. The molecule has 196 valence electrons. The van der Waals surface area contributed by atoms with Gasteiger partial charge in [-0.3, -0.25) is 9.78 Å². The van der Waals surface area contributed by atoms with E-state index < -0.39 is 64.7 Å². The Hall–Kier alpha value is -3.59. The molecule has 1 amide bonds. The maximum atomic E-state index is 14.3. The number of alkyl halides is 4. The number of aromatic nitrogens is 3. The van der Waals surface area contributed by atoms with Crippen LogP contribution in [0.2, 0.25) is 0 Å². The summed E-state index contributed by atoms with van der Waals surface area (Å²) in [6, 6.07) is 3.59. The molecule has 1 saturated heterocycles. The average molecular weight is 545 g/mol. The highest BCUT2D eigenvalue weighted by Crippen LogP contribution is 2.29. The van der Waals surface area contributed by atoms with Crippen molar-refractivity contribution >= 4 is 15.9 Å². The second-order valence-corrected chi connectivity index (χ2v) is 9.93. The summed E-state index contributed by atoms with van der Waals surface area (Å²) in [5, 5.41) is 2.41. The lowest BCUT2D eigenvalue weighted by Crippen LogP contribution is -2.45. The molecule has 2 aromatic heterocycles. The minimum Gasteiger partial charge on any atom is -0.349 e. The van der Waals surface area contributed by atoms with Crippen molar-refractivity contribution in [3.05, 3.63) is 72.1 Å². The quantitative estimate of drug-likeness (QED) is 0.477. The maximum absolute atomic E-state index is 14.3. The van der Waals surface area contributed by atoms with Crippen molar-refractivity contribution in [1.29, 1.82) is 0 Å². The second kappa shape index (κ2) is 10.0. The van der Waals surface area contributed by atoms with Crippen LogP contribution in [-0.4, -0.2) is 52.3 Å². The van der Waals surface area contributed by atoms with Crippen LogP contribution in [0.15, 0.2) is 53.8 Å². The van der Waals surface area contributed by atoms with Crippen molar-refractivity contribution in [2.45, 2.75) is 36.3 Å². The fourth-order valence-corrected chi connectivity index (χ4v) is 5.34. The zero-order chi connectivity index (χ0) is 27.0. The van der Waals surface area contributed by atoms with E-state index >= 15 is 0 Å². The lowest BCUT2D eigenvalue weighted by atomic mass is 10.1. The van der Waals surface area contributed by atoms with Gasteiger partial charge in [0.2, 0.25) is 21.8 Å². The van der Waals surface area contributed by atoms with Crippen LogP contribution in [0.25, 0.3) is 11.1 Å². The fraction of sp³-hybridized carbons (Fsp3) is 0.273.